The van der Waals surface area contributed by atoms with Crippen molar-refractivity contribution in [3.63, 3.8) is 0 Å². The highest BCUT2D eigenvalue weighted by atomic mass is 32.2. The number of piperidine rings is 1. The van der Waals surface area contributed by atoms with Crippen molar-refractivity contribution in [2.24, 2.45) is 0 Å². The molecule has 0 spiro atoms. The Hall–Kier alpha value is -2.46. The number of hydrogen-bond donors (Lipinski definition) is 2. The molecule has 2 N–H and O–H groups in total. The Balaban J connectivity index is 1.46. The van der Waals surface area contributed by atoms with E-state index in [1.54, 1.807) is 24.3 Å². The monoisotopic (exact) mass is 437 g/mol. The molecule has 2 aliphatic rings. The topological polar surface area (TPSA) is 122 Å². The summed E-state index contributed by atoms with van der Waals surface area (Å²) in [6, 6.07) is 8.57. The average Bonchev–Trinajstić information content (AvgIpc) is 2.68. The molecular formula is C20H27N3O6S. The number of nitrogens with zero attached hydrogens (tertiary/aromatic N) is 1. The van der Waals surface area contributed by atoms with E-state index < -0.39 is 16.1 Å². The number of carbonyl (C=O) groups excluding carboxylic acids is 3. The summed E-state index contributed by atoms with van der Waals surface area (Å²) in [5.41, 5.74) is 0.623. The SMILES string of the molecule is O=C(Nc1ccccc1)O[C@H]1CCC[C@@H](NS(=O)(=O)CCN2C(=O)CCCC2=O)C1. The van der Waals surface area contributed by atoms with E-state index in [0.717, 1.165) is 11.3 Å². The van der Waals surface area contributed by atoms with Crippen LogP contribution in [0.25, 0.3) is 0 Å². The van der Waals surface area contributed by atoms with Crippen molar-refractivity contribution < 1.29 is 27.5 Å². The van der Waals surface area contributed by atoms with Crippen LogP contribution in [0, 0.1) is 0 Å². The molecule has 1 saturated carbocycles. The molecule has 1 aliphatic heterocycles. The van der Waals surface area contributed by atoms with E-state index in [1.807, 2.05) is 6.07 Å². The zero-order valence-corrected chi connectivity index (χ0v) is 17.5. The number of amides is 3. The molecule has 0 aromatic heterocycles. The largest absolute Gasteiger partial charge is 0.446 e. The van der Waals surface area contributed by atoms with Crippen LogP contribution in [0.5, 0.6) is 0 Å². The summed E-state index contributed by atoms with van der Waals surface area (Å²) in [6.07, 6.45) is 2.50. The lowest BCUT2D eigenvalue weighted by Crippen LogP contribution is -2.46. The molecule has 3 rings (SSSR count). The highest BCUT2D eigenvalue weighted by Crippen LogP contribution is 2.22. The highest BCUT2D eigenvalue weighted by Gasteiger charge is 2.30. The van der Waals surface area contributed by atoms with Crippen LogP contribution in [-0.2, 0) is 24.3 Å². The van der Waals surface area contributed by atoms with Gasteiger partial charge in [0, 0.05) is 37.5 Å². The molecule has 1 aromatic carbocycles. The first kappa shape index (κ1) is 22.2. The summed E-state index contributed by atoms with van der Waals surface area (Å²) in [4.78, 5) is 36.7. The molecule has 1 saturated heterocycles. The van der Waals surface area contributed by atoms with Gasteiger partial charge in [-0.05, 0) is 37.8 Å². The fourth-order valence-corrected chi connectivity index (χ4v) is 5.02. The van der Waals surface area contributed by atoms with Gasteiger partial charge in [0.05, 0.1) is 5.75 Å². The second-order valence-corrected chi connectivity index (χ2v) is 9.48. The Morgan fingerprint density at radius 3 is 2.47 bits per heavy atom. The summed E-state index contributed by atoms with van der Waals surface area (Å²) in [5, 5.41) is 2.65. The lowest BCUT2D eigenvalue weighted by Gasteiger charge is -2.30. The number of rotatable bonds is 7. The van der Waals surface area contributed by atoms with Crippen molar-refractivity contribution in [3.05, 3.63) is 30.3 Å². The summed E-state index contributed by atoms with van der Waals surface area (Å²) in [5.74, 6) is -0.977. The molecule has 0 unspecified atom stereocenters. The fourth-order valence-electron chi connectivity index (χ4n) is 3.75. The minimum atomic E-state index is -3.68. The van der Waals surface area contributed by atoms with Crippen molar-refractivity contribution in [2.75, 3.05) is 17.6 Å². The van der Waals surface area contributed by atoms with E-state index in [9.17, 15) is 22.8 Å². The van der Waals surface area contributed by atoms with E-state index >= 15 is 0 Å². The predicted molar refractivity (Wildman–Crippen MR) is 110 cm³/mol. The smallest absolute Gasteiger partial charge is 0.411 e. The third kappa shape index (κ3) is 6.53. The zero-order valence-electron chi connectivity index (χ0n) is 16.7. The molecular weight excluding hydrogens is 410 g/mol. The van der Waals surface area contributed by atoms with Crippen LogP contribution in [0.2, 0.25) is 0 Å². The van der Waals surface area contributed by atoms with E-state index in [4.69, 9.17) is 4.74 Å². The summed E-state index contributed by atoms with van der Waals surface area (Å²) < 4.78 is 33.0. The second-order valence-electron chi connectivity index (χ2n) is 7.61. The first-order chi connectivity index (χ1) is 14.3. The number of anilines is 1. The first-order valence-electron chi connectivity index (χ1n) is 10.2. The Morgan fingerprint density at radius 2 is 1.77 bits per heavy atom. The van der Waals surface area contributed by atoms with Gasteiger partial charge in [-0.15, -0.1) is 0 Å². The maximum absolute atomic E-state index is 12.4. The van der Waals surface area contributed by atoms with Crippen molar-refractivity contribution in [1.82, 2.24) is 9.62 Å². The number of carbonyl (C=O) groups is 3. The maximum atomic E-state index is 12.4. The Morgan fingerprint density at radius 1 is 1.07 bits per heavy atom. The number of nitrogens with one attached hydrogen (secondary N) is 2. The van der Waals surface area contributed by atoms with Gasteiger partial charge < -0.3 is 4.74 Å². The Kier molecular flexibility index (Phi) is 7.43. The van der Waals surface area contributed by atoms with Crippen LogP contribution in [0.3, 0.4) is 0 Å². The maximum Gasteiger partial charge on any atom is 0.411 e. The van der Waals surface area contributed by atoms with Gasteiger partial charge in [-0.25, -0.2) is 17.9 Å². The molecule has 0 radical (unpaired) electrons. The Labute approximate surface area is 176 Å². The number of sulfonamides is 1. The van der Waals surface area contributed by atoms with Crippen LogP contribution >= 0.6 is 0 Å². The van der Waals surface area contributed by atoms with E-state index in [0.29, 0.717) is 31.4 Å². The van der Waals surface area contributed by atoms with Gasteiger partial charge in [0.2, 0.25) is 21.8 Å². The lowest BCUT2D eigenvalue weighted by molar-refractivity contribution is -0.147. The molecule has 2 fully saturated rings. The van der Waals surface area contributed by atoms with E-state index in [1.165, 1.54) is 0 Å². The fraction of sp³-hybridized carbons (Fsp3) is 0.550. The molecule has 1 aliphatic carbocycles. The number of likely N-dealkylation sites (tertiary alicyclic amines) is 1. The molecule has 9 nitrogen and oxygen atoms in total. The molecule has 2 atom stereocenters. The number of hydrogen-bond acceptors (Lipinski definition) is 6. The van der Waals surface area contributed by atoms with Crippen LogP contribution in [-0.4, -0.2) is 55.7 Å². The van der Waals surface area contributed by atoms with Crippen LogP contribution in [0.4, 0.5) is 10.5 Å². The van der Waals surface area contributed by atoms with Gasteiger partial charge in [-0.1, -0.05) is 18.2 Å². The van der Waals surface area contributed by atoms with E-state index in [-0.39, 0.29) is 49.1 Å². The van der Waals surface area contributed by atoms with Crippen LogP contribution in [0.15, 0.2) is 30.3 Å². The molecule has 1 heterocycles. The molecule has 3 amide bonds. The van der Waals surface area contributed by atoms with Gasteiger partial charge in [-0.2, -0.15) is 0 Å². The van der Waals surface area contributed by atoms with Gasteiger partial charge in [-0.3, -0.25) is 19.8 Å². The molecule has 30 heavy (non-hydrogen) atoms. The third-order valence-corrected chi connectivity index (χ3v) is 6.65. The molecule has 164 valence electrons. The molecule has 1 aromatic rings. The first-order valence-corrected chi connectivity index (χ1v) is 11.8. The average molecular weight is 438 g/mol. The van der Waals surface area contributed by atoms with Crippen LogP contribution in [0.1, 0.15) is 44.9 Å². The number of para-hydroxylation sites is 1. The number of ether oxygens (including phenoxy) is 1. The van der Waals surface area contributed by atoms with Crippen molar-refractivity contribution in [2.45, 2.75) is 57.1 Å². The zero-order chi connectivity index (χ0) is 21.6. The summed E-state index contributed by atoms with van der Waals surface area (Å²) >= 11 is 0. The standard InChI is InChI=1S/C20H27N3O6S/c24-18-10-5-11-19(25)23(18)12-13-30(27,28)22-16-8-4-9-17(14-16)29-20(26)21-15-6-2-1-3-7-15/h1-3,6-7,16-17,22H,4-5,8-14H2,(H,21,26)/t16-,17+/m1/s1. The molecule has 0 bridgehead atoms. The van der Waals surface area contributed by atoms with Gasteiger partial charge in [0.25, 0.3) is 0 Å². The quantitative estimate of drug-likeness (QED) is 0.629. The van der Waals surface area contributed by atoms with Gasteiger partial charge in [0.15, 0.2) is 0 Å². The number of benzene rings is 1. The molecule has 10 heteroatoms. The number of imide groups is 1. The lowest BCUT2D eigenvalue weighted by atomic mass is 9.94. The van der Waals surface area contributed by atoms with Gasteiger partial charge in [0.1, 0.15) is 6.10 Å². The highest BCUT2D eigenvalue weighted by molar-refractivity contribution is 7.89. The predicted octanol–water partition coefficient (Wildman–Crippen LogP) is 2.00. The third-order valence-electron chi connectivity index (χ3n) is 5.23. The second kappa shape index (κ2) is 10.0. The van der Waals surface area contributed by atoms with Gasteiger partial charge >= 0.3 is 6.09 Å². The Bertz CT molecular complexity index is 858. The van der Waals surface area contributed by atoms with Crippen LogP contribution < -0.4 is 10.0 Å². The van der Waals surface area contributed by atoms with Crippen molar-refractivity contribution in [3.8, 4) is 0 Å². The minimum absolute atomic E-state index is 0.140. The van der Waals surface area contributed by atoms with Crippen molar-refractivity contribution >= 4 is 33.6 Å². The minimum Gasteiger partial charge on any atom is -0.446 e. The van der Waals surface area contributed by atoms with E-state index in [2.05, 4.69) is 10.0 Å². The normalized spacial score (nSPS) is 22.6. The summed E-state index contributed by atoms with van der Waals surface area (Å²) in [7, 11) is -3.68. The summed E-state index contributed by atoms with van der Waals surface area (Å²) in [6.45, 7) is -0.140. The van der Waals surface area contributed by atoms with Crippen molar-refractivity contribution in [1.29, 1.82) is 0 Å².